The Balaban J connectivity index is 1.86. The van der Waals surface area contributed by atoms with Gasteiger partial charge in [-0.1, -0.05) is 6.57 Å². The summed E-state index contributed by atoms with van der Waals surface area (Å²) in [5, 5.41) is 4.54. The first-order valence-electron chi connectivity index (χ1n) is 7.64. The number of nitrogens with zero attached hydrogens (tertiary/aromatic N) is 4. The molecule has 0 atom stereocenters. The summed E-state index contributed by atoms with van der Waals surface area (Å²) in [5.74, 6) is 1.92. The fourth-order valence-electron chi connectivity index (χ4n) is 2.71. The Bertz CT molecular complexity index is 1170. The third-order valence-corrected chi connectivity index (χ3v) is 4.87. The van der Waals surface area contributed by atoms with Crippen molar-refractivity contribution in [1.29, 1.82) is 0 Å². The maximum Gasteiger partial charge on any atom is 0.330 e. The highest BCUT2D eigenvalue weighted by Gasteiger charge is 2.15. The molecule has 0 aliphatic rings. The number of hydrogen-bond donors (Lipinski definition) is 1. The van der Waals surface area contributed by atoms with Crippen LogP contribution >= 0.6 is 11.3 Å². The van der Waals surface area contributed by atoms with Gasteiger partial charge in [0.15, 0.2) is 17.0 Å². The van der Waals surface area contributed by atoms with Crippen molar-refractivity contribution >= 4 is 49.1 Å². The van der Waals surface area contributed by atoms with Crippen molar-refractivity contribution in [2.45, 2.75) is 0 Å². The van der Waals surface area contributed by atoms with Crippen molar-refractivity contribution in [2.75, 3.05) is 19.5 Å². The summed E-state index contributed by atoms with van der Waals surface area (Å²) in [5.41, 5.74) is 2.35. The maximum atomic E-state index is 7.20. The standard InChI is InChI=1S/C18H13N5O2S/c1-19-18-23-12-6-5-11-15(16(12)26-18)17(21-9-20-11)22-10-4-7-13(24-2)14(8-10)25-3/h4-9H,2-3H3,(H,20,21,22). The number of benzene rings is 2. The van der Waals surface area contributed by atoms with Crippen molar-refractivity contribution in [2.24, 2.45) is 0 Å². The summed E-state index contributed by atoms with van der Waals surface area (Å²) < 4.78 is 11.5. The average molecular weight is 363 g/mol. The molecule has 8 heteroatoms. The Morgan fingerprint density at radius 3 is 2.62 bits per heavy atom. The molecule has 0 unspecified atom stereocenters. The molecule has 0 spiro atoms. The summed E-state index contributed by atoms with van der Waals surface area (Å²) in [6.07, 6.45) is 1.51. The number of nitrogens with one attached hydrogen (secondary N) is 1. The molecule has 0 radical (unpaired) electrons. The maximum absolute atomic E-state index is 7.20. The van der Waals surface area contributed by atoms with E-state index in [1.54, 1.807) is 14.2 Å². The van der Waals surface area contributed by atoms with E-state index in [2.05, 4.69) is 25.1 Å². The average Bonchev–Trinajstić information content (AvgIpc) is 3.11. The third-order valence-electron chi connectivity index (χ3n) is 3.89. The molecule has 7 nitrogen and oxygen atoms in total. The monoisotopic (exact) mass is 363 g/mol. The highest BCUT2D eigenvalue weighted by atomic mass is 32.1. The highest BCUT2D eigenvalue weighted by Crippen LogP contribution is 2.38. The smallest absolute Gasteiger partial charge is 0.330 e. The molecule has 128 valence electrons. The van der Waals surface area contributed by atoms with Gasteiger partial charge >= 0.3 is 5.13 Å². The first-order valence-corrected chi connectivity index (χ1v) is 8.46. The van der Waals surface area contributed by atoms with E-state index in [1.165, 1.54) is 17.7 Å². The lowest BCUT2D eigenvalue weighted by molar-refractivity contribution is 0.355. The number of methoxy groups -OCH3 is 2. The van der Waals surface area contributed by atoms with Crippen LogP contribution in [0, 0.1) is 6.57 Å². The fourth-order valence-corrected chi connectivity index (χ4v) is 3.61. The van der Waals surface area contributed by atoms with Crippen molar-refractivity contribution in [3.05, 3.63) is 48.1 Å². The fraction of sp³-hybridized carbons (Fsp3) is 0.111. The zero-order valence-electron chi connectivity index (χ0n) is 14.0. The van der Waals surface area contributed by atoms with E-state index in [0.29, 0.717) is 22.4 Å². The second-order valence-corrected chi connectivity index (χ2v) is 6.31. The van der Waals surface area contributed by atoms with Gasteiger partial charge in [-0.05, 0) is 24.3 Å². The molecule has 4 rings (SSSR count). The number of aromatic nitrogens is 3. The van der Waals surface area contributed by atoms with Gasteiger partial charge < -0.3 is 19.6 Å². The molecule has 0 saturated heterocycles. The summed E-state index contributed by atoms with van der Waals surface area (Å²) >= 11 is 1.34. The molecule has 2 aromatic carbocycles. The van der Waals surface area contributed by atoms with Gasteiger partial charge in [0.05, 0.1) is 29.8 Å². The Morgan fingerprint density at radius 1 is 1.04 bits per heavy atom. The van der Waals surface area contributed by atoms with E-state index in [0.717, 1.165) is 26.8 Å². The van der Waals surface area contributed by atoms with E-state index in [4.69, 9.17) is 16.0 Å². The molecule has 0 saturated carbocycles. The van der Waals surface area contributed by atoms with Crippen molar-refractivity contribution in [3.8, 4) is 11.5 Å². The SMILES string of the molecule is [C-]#[N+]c1nc2ccc3ncnc(Nc4ccc(OC)c(OC)c4)c3c2s1. The zero-order valence-corrected chi connectivity index (χ0v) is 14.8. The van der Waals surface area contributed by atoms with Crippen LogP contribution in [-0.4, -0.2) is 29.2 Å². The molecule has 0 amide bonds. The molecular weight excluding hydrogens is 350 g/mol. The lowest BCUT2D eigenvalue weighted by Crippen LogP contribution is -1.97. The minimum absolute atomic E-state index is 0.397. The zero-order chi connectivity index (χ0) is 18.1. The topological polar surface area (TPSA) is 73.5 Å². The second-order valence-electron chi connectivity index (χ2n) is 5.33. The molecule has 0 aliphatic heterocycles. The van der Waals surface area contributed by atoms with Crippen LogP contribution in [-0.2, 0) is 0 Å². The minimum atomic E-state index is 0.397. The van der Waals surface area contributed by atoms with Gasteiger partial charge in [-0.3, -0.25) is 0 Å². The van der Waals surface area contributed by atoms with Gasteiger partial charge in [0.1, 0.15) is 12.1 Å². The van der Waals surface area contributed by atoms with Gasteiger partial charge in [-0.25, -0.2) is 9.97 Å². The number of rotatable bonds is 4. The Hall–Kier alpha value is -3.44. The van der Waals surface area contributed by atoms with E-state index < -0.39 is 0 Å². The molecule has 26 heavy (non-hydrogen) atoms. The van der Waals surface area contributed by atoms with Crippen LogP contribution in [0.2, 0.25) is 0 Å². The second kappa shape index (κ2) is 6.46. The van der Waals surface area contributed by atoms with Crippen LogP contribution in [0.15, 0.2) is 36.7 Å². The Kier molecular flexibility index (Phi) is 3.99. The van der Waals surface area contributed by atoms with E-state index in [-0.39, 0.29) is 0 Å². The van der Waals surface area contributed by atoms with Crippen LogP contribution in [0.25, 0.3) is 26.0 Å². The van der Waals surface area contributed by atoms with Crippen molar-refractivity contribution in [3.63, 3.8) is 0 Å². The quantitative estimate of drug-likeness (QED) is 0.536. The molecule has 2 heterocycles. The van der Waals surface area contributed by atoms with Crippen molar-refractivity contribution < 1.29 is 9.47 Å². The molecule has 2 aromatic heterocycles. The predicted octanol–water partition coefficient (Wildman–Crippen LogP) is 4.55. The first-order chi connectivity index (χ1) is 12.7. The normalized spacial score (nSPS) is 10.7. The predicted molar refractivity (Wildman–Crippen MR) is 102 cm³/mol. The van der Waals surface area contributed by atoms with Crippen LogP contribution in [0.4, 0.5) is 16.6 Å². The summed E-state index contributed by atoms with van der Waals surface area (Å²) in [4.78, 5) is 16.5. The van der Waals surface area contributed by atoms with Crippen LogP contribution in [0.5, 0.6) is 11.5 Å². The van der Waals surface area contributed by atoms with Gasteiger partial charge in [0.25, 0.3) is 0 Å². The molecule has 0 bridgehead atoms. The number of anilines is 2. The van der Waals surface area contributed by atoms with E-state index in [9.17, 15) is 0 Å². The van der Waals surface area contributed by atoms with Gasteiger partial charge in [0.2, 0.25) is 0 Å². The van der Waals surface area contributed by atoms with Gasteiger partial charge in [0, 0.05) is 11.8 Å². The molecule has 4 aromatic rings. The summed E-state index contributed by atoms with van der Waals surface area (Å²) in [7, 11) is 3.19. The minimum Gasteiger partial charge on any atom is -0.493 e. The number of fused-ring (bicyclic) bond motifs is 3. The summed E-state index contributed by atoms with van der Waals surface area (Å²) in [6, 6.07) is 9.29. The highest BCUT2D eigenvalue weighted by molar-refractivity contribution is 7.23. The van der Waals surface area contributed by atoms with Gasteiger partial charge in [-0.15, -0.1) is 16.3 Å². The number of hydrogen-bond acceptors (Lipinski definition) is 7. The largest absolute Gasteiger partial charge is 0.493 e. The van der Waals surface area contributed by atoms with Crippen molar-refractivity contribution in [1.82, 2.24) is 15.0 Å². The molecule has 0 fully saturated rings. The molecule has 0 aliphatic carbocycles. The van der Waals surface area contributed by atoms with Crippen LogP contribution in [0.3, 0.4) is 0 Å². The Morgan fingerprint density at radius 2 is 1.85 bits per heavy atom. The third kappa shape index (κ3) is 2.64. The Labute approximate surface area is 153 Å². The van der Waals surface area contributed by atoms with Crippen LogP contribution in [0.1, 0.15) is 0 Å². The van der Waals surface area contributed by atoms with Crippen LogP contribution < -0.4 is 14.8 Å². The van der Waals surface area contributed by atoms with E-state index >= 15 is 0 Å². The summed E-state index contributed by atoms with van der Waals surface area (Å²) in [6.45, 7) is 7.20. The van der Waals surface area contributed by atoms with Gasteiger partial charge in [-0.2, -0.15) is 0 Å². The molecule has 1 N–H and O–H groups in total. The number of ether oxygens (including phenoxy) is 2. The molecular formula is C18H13N5O2S. The number of thiazole rings is 1. The first kappa shape index (κ1) is 16.1. The lowest BCUT2D eigenvalue weighted by Gasteiger charge is -2.12. The van der Waals surface area contributed by atoms with E-state index in [1.807, 2.05) is 30.3 Å². The lowest BCUT2D eigenvalue weighted by atomic mass is 10.2.